The van der Waals surface area contributed by atoms with Gasteiger partial charge in [0.15, 0.2) is 0 Å². The summed E-state index contributed by atoms with van der Waals surface area (Å²) in [6.45, 7) is 5.59. The number of carbonyl (C=O) groups is 2. The van der Waals surface area contributed by atoms with Gasteiger partial charge in [0.1, 0.15) is 0 Å². The zero-order valence-electron chi connectivity index (χ0n) is 11.9. The summed E-state index contributed by atoms with van der Waals surface area (Å²) in [5.41, 5.74) is 0. The monoisotopic (exact) mass is 271 g/mol. The van der Waals surface area contributed by atoms with Crippen molar-refractivity contribution in [2.24, 2.45) is 0 Å². The molecule has 0 bridgehead atoms. The number of hydrogen-bond acceptors (Lipinski definition) is 3. The number of carboxylic acid groups (broad SMARTS) is 1. The van der Waals surface area contributed by atoms with Gasteiger partial charge in [-0.2, -0.15) is 0 Å². The minimum atomic E-state index is -0.823. The molecule has 6 heteroatoms. The van der Waals surface area contributed by atoms with Gasteiger partial charge < -0.3 is 20.2 Å². The van der Waals surface area contributed by atoms with Crippen LogP contribution in [-0.4, -0.2) is 66.2 Å². The quantitative estimate of drug-likeness (QED) is 0.724. The highest BCUT2D eigenvalue weighted by molar-refractivity contribution is 5.74. The van der Waals surface area contributed by atoms with Gasteiger partial charge in [-0.05, 0) is 39.3 Å². The Hall–Kier alpha value is -1.30. The fourth-order valence-electron chi connectivity index (χ4n) is 2.29. The molecule has 0 aromatic carbocycles. The lowest BCUT2D eigenvalue weighted by Gasteiger charge is -2.24. The van der Waals surface area contributed by atoms with Crippen LogP contribution < -0.4 is 5.32 Å². The van der Waals surface area contributed by atoms with Crippen LogP contribution in [0.5, 0.6) is 0 Å². The summed E-state index contributed by atoms with van der Waals surface area (Å²) in [6.07, 6.45) is 3.08. The zero-order valence-corrected chi connectivity index (χ0v) is 11.9. The standard InChI is InChI=1S/C13H25N3O3/c1-11(10-16-8-3-4-9-16)14-13(19)15(2)7-5-6-12(17)18/h11H,3-10H2,1-2H3,(H,14,19)(H,17,18). The number of hydrogen-bond donors (Lipinski definition) is 2. The molecule has 0 radical (unpaired) electrons. The second-order valence-electron chi connectivity index (χ2n) is 5.28. The van der Waals surface area contributed by atoms with E-state index in [0.29, 0.717) is 13.0 Å². The van der Waals surface area contributed by atoms with Crippen LogP contribution in [0.15, 0.2) is 0 Å². The molecule has 2 amide bonds. The van der Waals surface area contributed by atoms with Gasteiger partial charge >= 0.3 is 12.0 Å². The molecule has 0 spiro atoms. The molecule has 0 aliphatic carbocycles. The van der Waals surface area contributed by atoms with Gasteiger partial charge in [0.25, 0.3) is 0 Å². The summed E-state index contributed by atoms with van der Waals surface area (Å²) in [7, 11) is 1.69. The molecule has 6 nitrogen and oxygen atoms in total. The average molecular weight is 271 g/mol. The lowest BCUT2D eigenvalue weighted by Crippen LogP contribution is -2.46. The van der Waals surface area contributed by atoms with Crippen LogP contribution in [0.25, 0.3) is 0 Å². The van der Waals surface area contributed by atoms with Crippen molar-refractivity contribution in [3.05, 3.63) is 0 Å². The normalized spacial score (nSPS) is 17.2. The summed E-state index contributed by atoms with van der Waals surface area (Å²) in [5, 5.41) is 11.5. The molecular weight excluding hydrogens is 246 g/mol. The number of nitrogens with zero attached hydrogens (tertiary/aromatic N) is 2. The molecule has 0 saturated carbocycles. The fourth-order valence-corrected chi connectivity index (χ4v) is 2.29. The van der Waals surface area contributed by atoms with E-state index in [-0.39, 0.29) is 18.5 Å². The van der Waals surface area contributed by atoms with Crippen molar-refractivity contribution in [2.45, 2.75) is 38.6 Å². The van der Waals surface area contributed by atoms with E-state index in [1.165, 1.54) is 12.8 Å². The van der Waals surface area contributed by atoms with E-state index in [2.05, 4.69) is 10.2 Å². The van der Waals surface area contributed by atoms with Crippen molar-refractivity contribution in [2.75, 3.05) is 33.2 Å². The predicted octanol–water partition coefficient (Wildman–Crippen LogP) is 0.977. The van der Waals surface area contributed by atoms with Crippen LogP contribution in [0.2, 0.25) is 0 Å². The van der Waals surface area contributed by atoms with E-state index < -0.39 is 5.97 Å². The molecule has 1 heterocycles. The van der Waals surface area contributed by atoms with Crippen molar-refractivity contribution >= 4 is 12.0 Å². The summed E-state index contributed by atoms with van der Waals surface area (Å²) in [4.78, 5) is 26.2. The summed E-state index contributed by atoms with van der Waals surface area (Å²) >= 11 is 0. The predicted molar refractivity (Wildman–Crippen MR) is 73.2 cm³/mol. The molecule has 2 N–H and O–H groups in total. The van der Waals surface area contributed by atoms with Crippen LogP contribution in [0.1, 0.15) is 32.6 Å². The SMILES string of the molecule is CC(CN1CCCC1)NC(=O)N(C)CCCC(=O)O. The average Bonchev–Trinajstić information content (AvgIpc) is 2.80. The number of urea groups is 1. The Labute approximate surface area is 114 Å². The number of aliphatic carboxylic acids is 1. The van der Waals surface area contributed by atoms with Gasteiger partial charge in [0, 0.05) is 32.6 Å². The van der Waals surface area contributed by atoms with Crippen LogP contribution in [0, 0.1) is 0 Å². The highest BCUT2D eigenvalue weighted by Gasteiger charge is 2.17. The zero-order chi connectivity index (χ0) is 14.3. The maximum atomic E-state index is 11.9. The first-order chi connectivity index (χ1) is 8.99. The second-order valence-corrected chi connectivity index (χ2v) is 5.28. The molecule has 1 aliphatic rings. The van der Waals surface area contributed by atoms with E-state index in [1.807, 2.05) is 6.92 Å². The number of carboxylic acids is 1. The first-order valence-electron chi connectivity index (χ1n) is 6.95. The molecule has 1 atom stereocenters. The Balaban J connectivity index is 2.18. The molecule has 1 aliphatic heterocycles. The molecule has 1 rings (SSSR count). The summed E-state index contributed by atoms with van der Waals surface area (Å²) in [5.74, 6) is -0.823. The van der Waals surface area contributed by atoms with Crippen molar-refractivity contribution in [1.29, 1.82) is 0 Å². The third-order valence-electron chi connectivity index (χ3n) is 3.33. The lowest BCUT2D eigenvalue weighted by atomic mass is 10.3. The maximum absolute atomic E-state index is 11.9. The molecule has 110 valence electrons. The smallest absolute Gasteiger partial charge is 0.317 e. The van der Waals surface area contributed by atoms with Crippen molar-refractivity contribution in [3.63, 3.8) is 0 Å². The Morgan fingerprint density at radius 1 is 1.37 bits per heavy atom. The van der Waals surface area contributed by atoms with Gasteiger partial charge in [0.05, 0.1) is 0 Å². The molecule has 0 aromatic heterocycles. The minimum Gasteiger partial charge on any atom is -0.481 e. The largest absolute Gasteiger partial charge is 0.481 e. The van der Waals surface area contributed by atoms with Gasteiger partial charge in [-0.15, -0.1) is 0 Å². The molecule has 1 unspecified atom stereocenters. The third kappa shape index (κ3) is 6.42. The highest BCUT2D eigenvalue weighted by atomic mass is 16.4. The Morgan fingerprint density at radius 3 is 2.58 bits per heavy atom. The third-order valence-corrected chi connectivity index (χ3v) is 3.33. The number of likely N-dealkylation sites (tertiary alicyclic amines) is 1. The van der Waals surface area contributed by atoms with Crippen LogP contribution in [-0.2, 0) is 4.79 Å². The number of rotatable bonds is 7. The van der Waals surface area contributed by atoms with E-state index in [4.69, 9.17) is 5.11 Å². The summed E-state index contributed by atoms with van der Waals surface area (Å²) < 4.78 is 0. The van der Waals surface area contributed by atoms with E-state index >= 15 is 0 Å². The topological polar surface area (TPSA) is 72.9 Å². The molecule has 0 aromatic rings. The van der Waals surface area contributed by atoms with Crippen molar-refractivity contribution < 1.29 is 14.7 Å². The van der Waals surface area contributed by atoms with E-state index in [9.17, 15) is 9.59 Å². The van der Waals surface area contributed by atoms with Crippen molar-refractivity contribution in [1.82, 2.24) is 15.1 Å². The number of nitrogens with one attached hydrogen (secondary N) is 1. The highest BCUT2D eigenvalue weighted by Crippen LogP contribution is 2.07. The molecule has 19 heavy (non-hydrogen) atoms. The molecule has 1 fully saturated rings. The first-order valence-corrected chi connectivity index (χ1v) is 6.95. The van der Waals surface area contributed by atoms with Crippen molar-refractivity contribution in [3.8, 4) is 0 Å². The van der Waals surface area contributed by atoms with Gasteiger partial charge in [-0.3, -0.25) is 4.79 Å². The van der Waals surface area contributed by atoms with Gasteiger partial charge in [-0.25, -0.2) is 4.79 Å². The minimum absolute atomic E-state index is 0.0982. The Morgan fingerprint density at radius 2 is 2.00 bits per heavy atom. The Bertz CT molecular complexity index is 304. The maximum Gasteiger partial charge on any atom is 0.317 e. The van der Waals surface area contributed by atoms with Crippen LogP contribution >= 0.6 is 0 Å². The Kier molecular flexibility index (Phi) is 6.62. The molecule has 1 saturated heterocycles. The second kappa shape index (κ2) is 7.99. The van der Waals surface area contributed by atoms with E-state index in [1.54, 1.807) is 11.9 Å². The van der Waals surface area contributed by atoms with E-state index in [0.717, 1.165) is 19.6 Å². The molecular formula is C13H25N3O3. The lowest BCUT2D eigenvalue weighted by molar-refractivity contribution is -0.137. The number of carbonyl (C=O) groups excluding carboxylic acids is 1. The fraction of sp³-hybridized carbons (Fsp3) is 0.846. The summed E-state index contributed by atoms with van der Waals surface area (Å²) in [6, 6.07) is -0.00962. The van der Waals surface area contributed by atoms with Crippen LogP contribution in [0.3, 0.4) is 0 Å². The first kappa shape index (κ1) is 15.8. The number of amides is 2. The van der Waals surface area contributed by atoms with Crippen LogP contribution in [0.4, 0.5) is 4.79 Å². The van der Waals surface area contributed by atoms with Gasteiger partial charge in [0.2, 0.25) is 0 Å². The van der Waals surface area contributed by atoms with Gasteiger partial charge in [-0.1, -0.05) is 0 Å².